The molecule has 0 spiro atoms. The second-order valence-electron chi connectivity index (χ2n) is 6.62. The van der Waals surface area contributed by atoms with Crippen molar-refractivity contribution in [2.45, 2.75) is 72.8 Å². The van der Waals surface area contributed by atoms with Crippen molar-refractivity contribution < 1.29 is 0 Å². The maximum absolute atomic E-state index is 12.2. The molecule has 0 saturated carbocycles. The second kappa shape index (κ2) is 5.77. The average Bonchev–Trinajstić information content (AvgIpc) is 2.50. The molecule has 1 aromatic rings. The highest BCUT2D eigenvalue weighted by Gasteiger charge is 2.25. The average molecular weight is 252 g/mol. The molecule has 0 amide bonds. The minimum atomic E-state index is -0.0880. The van der Waals surface area contributed by atoms with Gasteiger partial charge in [0.25, 0.3) is 5.56 Å². The first-order valence-corrected chi connectivity index (χ1v) is 7.09. The van der Waals surface area contributed by atoms with Gasteiger partial charge in [0, 0.05) is 17.8 Å². The van der Waals surface area contributed by atoms with Gasteiger partial charge in [-0.1, -0.05) is 48.0 Å². The van der Waals surface area contributed by atoms with Crippen LogP contribution in [0.15, 0.2) is 4.79 Å². The number of H-pyrrole nitrogens is 1. The van der Waals surface area contributed by atoms with Gasteiger partial charge in [0.1, 0.15) is 0 Å². The molecule has 1 rings (SSSR count). The fourth-order valence-electron chi connectivity index (χ4n) is 2.39. The molecule has 0 aliphatic heterocycles. The zero-order valence-electron chi connectivity index (χ0n) is 12.8. The minimum absolute atomic E-state index is 0.0880. The van der Waals surface area contributed by atoms with E-state index in [4.69, 9.17) is 0 Å². The predicted molar refractivity (Wildman–Crippen MR) is 77.2 cm³/mol. The van der Waals surface area contributed by atoms with Crippen LogP contribution in [0.25, 0.3) is 0 Å². The van der Waals surface area contributed by atoms with Gasteiger partial charge in [-0.25, -0.2) is 0 Å². The fourth-order valence-corrected chi connectivity index (χ4v) is 2.39. The van der Waals surface area contributed by atoms with Crippen LogP contribution in [0.3, 0.4) is 0 Å². The van der Waals surface area contributed by atoms with E-state index in [1.807, 2.05) is 0 Å². The van der Waals surface area contributed by atoms with Crippen LogP contribution in [0.4, 0.5) is 0 Å². The highest BCUT2D eigenvalue weighted by molar-refractivity contribution is 5.26. The Labute approximate surface area is 111 Å². The van der Waals surface area contributed by atoms with Crippen molar-refractivity contribution in [3.05, 3.63) is 21.6 Å². The fraction of sp³-hybridized carbons (Fsp3) is 0.800. The van der Waals surface area contributed by atoms with Gasteiger partial charge in [-0.15, -0.1) is 0 Å². The van der Waals surface area contributed by atoms with Gasteiger partial charge in [-0.2, -0.15) is 0 Å². The second-order valence-corrected chi connectivity index (χ2v) is 6.62. The number of rotatable bonds is 5. The molecule has 0 aliphatic carbocycles. The zero-order chi connectivity index (χ0) is 13.9. The van der Waals surface area contributed by atoms with Gasteiger partial charge in [0.15, 0.2) is 0 Å². The molecule has 0 atom stereocenters. The SMILES string of the molecule is CCCCn1[nH]c(=O)c(C(C)(C)C)c1CC(C)C. The molecule has 1 aromatic heterocycles. The van der Waals surface area contributed by atoms with E-state index in [-0.39, 0.29) is 11.0 Å². The molecular formula is C15H28N2O. The number of unbranched alkanes of at least 4 members (excludes halogenated alkanes) is 1. The van der Waals surface area contributed by atoms with Crippen molar-refractivity contribution in [3.63, 3.8) is 0 Å². The van der Waals surface area contributed by atoms with Crippen molar-refractivity contribution in [1.29, 1.82) is 0 Å². The smallest absolute Gasteiger partial charge is 0.268 e. The van der Waals surface area contributed by atoms with E-state index in [2.05, 4.69) is 51.3 Å². The Morgan fingerprint density at radius 3 is 2.33 bits per heavy atom. The summed E-state index contributed by atoms with van der Waals surface area (Å²) < 4.78 is 2.08. The van der Waals surface area contributed by atoms with Crippen LogP contribution in [0.5, 0.6) is 0 Å². The van der Waals surface area contributed by atoms with E-state index in [9.17, 15) is 4.79 Å². The molecule has 0 bridgehead atoms. The molecular weight excluding hydrogens is 224 g/mol. The summed E-state index contributed by atoms with van der Waals surface area (Å²) in [6.45, 7) is 13.9. The molecule has 0 saturated heterocycles. The van der Waals surface area contributed by atoms with Crippen molar-refractivity contribution >= 4 is 0 Å². The predicted octanol–water partition coefficient (Wildman–Crippen LogP) is 3.47. The summed E-state index contributed by atoms with van der Waals surface area (Å²) in [4.78, 5) is 12.2. The minimum Gasteiger partial charge on any atom is -0.289 e. The Bertz CT molecular complexity index is 432. The Morgan fingerprint density at radius 1 is 1.28 bits per heavy atom. The lowest BCUT2D eigenvalue weighted by Crippen LogP contribution is -2.22. The number of nitrogens with zero attached hydrogens (tertiary/aromatic N) is 1. The van der Waals surface area contributed by atoms with Gasteiger partial charge >= 0.3 is 0 Å². The number of aromatic amines is 1. The molecule has 3 heteroatoms. The Hall–Kier alpha value is -0.990. The third-order valence-electron chi connectivity index (χ3n) is 3.16. The van der Waals surface area contributed by atoms with E-state index in [1.54, 1.807) is 0 Å². The molecule has 0 radical (unpaired) electrons. The maximum atomic E-state index is 12.2. The largest absolute Gasteiger partial charge is 0.289 e. The number of aryl methyl sites for hydroxylation is 1. The molecule has 0 fully saturated rings. The molecule has 1 N–H and O–H groups in total. The van der Waals surface area contributed by atoms with E-state index >= 15 is 0 Å². The topological polar surface area (TPSA) is 37.8 Å². The van der Waals surface area contributed by atoms with Crippen LogP contribution >= 0.6 is 0 Å². The van der Waals surface area contributed by atoms with Crippen molar-refractivity contribution in [2.24, 2.45) is 5.92 Å². The van der Waals surface area contributed by atoms with Crippen LogP contribution in [-0.4, -0.2) is 9.78 Å². The summed E-state index contributed by atoms with van der Waals surface area (Å²) in [7, 11) is 0. The molecule has 104 valence electrons. The number of nitrogens with one attached hydrogen (secondary N) is 1. The summed E-state index contributed by atoms with van der Waals surface area (Å²) in [6, 6.07) is 0. The summed E-state index contributed by atoms with van der Waals surface area (Å²) in [5.41, 5.74) is 2.17. The lowest BCUT2D eigenvalue weighted by atomic mass is 9.85. The van der Waals surface area contributed by atoms with Gasteiger partial charge in [-0.3, -0.25) is 14.6 Å². The first kappa shape index (κ1) is 15.1. The first-order chi connectivity index (χ1) is 8.27. The van der Waals surface area contributed by atoms with Crippen LogP contribution < -0.4 is 5.56 Å². The zero-order valence-corrected chi connectivity index (χ0v) is 12.8. The molecule has 18 heavy (non-hydrogen) atoms. The first-order valence-electron chi connectivity index (χ1n) is 7.09. The Kier molecular flexibility index (Phi) is 4.83. The normalized spacial score (nSPS) is 12.4. The van der Waals surface area contributed by atoms with Crippen LogP contribution in [0.2, 0.25) is 0 Å². The van der Waals surface area contributed by atoms with E-state index in [0.29, 0.717) is 5.92 Å². The van der Waals surface area contributed by atoms with Crippen LogP contribution in [0.1, 0.15) is 65.6 Å². The number of hydrogen-bond donors (Lipinski definition) is 1. The molecule has 3 nitrogen and oxygen atoms in total. The summed E-state index contributed by atoms with van der Waals surface area (Å²) >= 11 is 0. The standard InChI is InChI=1S/C15H28N2O/c1-7-8-9-17-12(10-11(2)3)13(14(18)16-17)15(4,5)6/h11H,7-10H2,1-6H3,(H,16,18). The highest BCUT2D eigenvalue weighted by Crippen LogP contribution is 2.24. The van der Waals surface area contributed by atoms with Gasteiger partial charge < -0.3 is 0 Å². The Balaban J connectivity index is 3.23. The molecule has 1 heterocycles. The number of aromatic nitrogens is 2. The van der Waals surface area contributed by atoms with Gasteiger partial charge in [0.05, 0.1) is 0 Å². The van der Waals surface area contributed by atoms with E-state index in [0.717, 1.165) is 31.4 Å². The van der Waals surface area contributed by atoms with Crippen molar-refractivity contribution in [3.8, 4) is 0 Å². The van der Waals surface area contributed by atoms with Crippen LogP contribution in [-0.2, 0) is 18.4 Å². The summed E-state index contributed by atoms with van der Waals surface area (Å²) in [5, 5.41) is 3.02. The third-order valence-corrected chi connectivity index (χ3v) is 3.16. The monoisotopic (exact) mass is 252 g/mol. The lowest BCUT2D eigenvalue weighted by molar-refractivity contribution is 0.506. The summed E-state index contributed by atoms with van der Waals surface area (Å²) in [5.74, 6) is 0.564. The van der Waals surface area contributed by atoms with Crippen molar-refractivity contribution in [1.82, 2.24) is 9.78 Å². The van der Waals surface area contributed by atoms with E-state index < -0.39 is 0 Å². The highest BCUT2D eigenvalue weighted by atomic mass is 16.1. The van der Waals surface area contributed by atoms with Gasteiger partial charge in [0.2, 0.25) is 0 Å². The quantitative estimate of drug-likeness (QED) is 0.856. The summed E-state index contributed by atoms with van der Waals surface area (Å²) in [6.07, 6.45) is 3.22. The molecule has 0 aliphatic rings. The van der Waals surface area contributed by atoms with E-state index in [1.165, 1.54) is 5.69 Å². The molecule has 0 unspecified atom stereocenters. The third kappa shape index (κ3) is 3.50. The lowest BCUT2D eigenvalue weighted by Gasteiger charge is -2.20. The van der Waals surface area contributed by atoms with Crippen LogP contribution in [0, 0.1) is 5.92 Å². The van der Waals surface area contributed by atoms with Crippen molar-refractivity contribution in [2.75, 3.05) is 0 Å². The molecule has 0 aromatic carbocycles. The van der Waals surface area contributed by atoms with Gasteiger partial charge in [-0.05, 0) is 24.2 Å². The Morgan fingerprint density at radius 2 is 1.89 bits per heavy atom. The number of hydrogen-bond acceptors (Lipinski definition) is 1. The maximum Gasteiger partial charge on any atom is 0.268 e.